The Balaban J connectivity index is 2.79. The first-order valence-corrected chi connectivity index (χ1v) is 7.84. The molecule has 0 aromatic heterocycles. The van der Waals surface area contributed by atoms with E-state index in [0.29, 0.717) is 12.1 Å². The Kier molecular flexibility index (Phi) is 6.00. The highest BCUT2D eigenvalue weighted by Crippen LogP contribution is 2.32. The fourth-order valence-electron chi connectivity index (χ4n) is 2.48. The van der Waals surface area contributed by atoms with E-state index in [0.717, 1.165) is 6.42 Å². The number of aromatic carboxylic acids is 1. The maximum absolute atomic E-state index is 12.0. The van der Waals surface area contributed by atoms with E-state index >= 15 is 0 Å². The van der Waals surface area contributed by atoms with Crippen molar-refractivity contribution in [3.8, 4) is 5.75 Å². The molecular formula is C16H22BrNO4. The number of carboxylic acid groups (broad SMARTS) is 1. The minimum atomic E-state index is -1.25. The van der Waals surface area contributed by atoms with Crippen molar-refractivity contribution in [2.75, 3.05) is 5.32 Å². The van der Waals surface area contributed by atoms with Gasteiger partial charge in [0.05, 0.1) is 4.47 Å². The molecule has 22 heavy (non-hydrogen) atoms. The highest BCUT2D eigenvalue weighted by atomic mass is 79.9. The van der Waals surface area contributed by atoms with Crippen molar-refractivity contribution in [3.63, 3.8) is 0 Å². The Morgan fingerprint density at radius 1 is 1.32 bits per heavy atom. The summed E-state index contributed by atoms with van der Waals surface area (Å²) < 4.78 is 0.227. The van der Waals surface area contributed by atoms with Crippen molar-refractivity contribution in [3.05, 3.63) is 22.2 Å². The SMILES string of the molecule is CC(CC(=O)Nc1cc(Br)c(O)c(C(=O)O)c1)CC(C)(C)C. The van der Waals surface area contributed by atoms with Crippen molar-refractivity contribution < 1.29 is 19.8 Å². The second kappa shape index (κ2) is 7.13. The van der Waals surface area contributed by atoms with Crippen LogP contribution < -0.4 is 5.32 Å². The Labute approximate surface area is 138 Å². The third-order valence-electron chi connectivity index (χ3n) is 3.07. The quantitative estimate of drug-likeness (QED) is 0.675. The predicted molar refractivity (Wildman–Crippen MR) is 89.2 cm³/mol. The van der Waals surface area contributed by atoms with E-state index in [4.69, 9.17) is 5.11 Å². The molecule has 0 fully saturated rings. The van der Waals surface area contributed by atoms with Crippen LogP contribution in [0, 0.1) is 11.3 Å². The molecule has 0 aliphatic heterocycles. The molecule has 0 saturated carbocycles. The predicted octanol–water partition coefficient (Wildman–Crippen LogP) is 4.25. The van der Waals surface area contributed by atoms with E-state index in [1.807, 2.05) is 6.92 Å². The highest BCUT2D eigenvalue weighted by molar-refractivity contribution is 9.10. The zero-order valence-corrected chi connectivity index (χ0v) is 14.8. The van der Waals surface area contributed by atoms with Crippen LogP contribution in [0.5, 0.6) is 5.75 Å². The van der Waals surface area contributed by atoms with Crippen molar-refractivity contribution >= 4 is 33.5 Å². The van der Waals surface area contributed by atoms with Crippen molar-refractivity contribution in [2.45, 2.75) is 40.5 Å². The summed E-state index contributed by atoms with van der Waals surface area (Å²) in [5.41, 5.74) is 0.236. The van der Waals surface area contributed by atoms with Gasteiger partial charge in [0, 0.05) is 12.1 Å². The number of carboxylic acids is 1. The summed E-state index contributed by atoms with van der Waals surface area (Å²) in [7, 11) is 0. The average Bonchev–Trinajstić information content (AvgIpc) is 2.30. The van der Waals surface area contributed by atoms with E-state index in [9.17, 15) is 14.7 Å². The Bertz CT molecular complexity index is 578. The molecule has 6 heteroatoms. The van der Waals surface area contributed by atoms with E-state index < -0.39 is 5.97 Å². The number of carbonyl (C=O) groups is 2. The zero-order chi connectivity index (χ0) is 17.1. The summed E-state index contributed by atoms with van der Waals surface area (Å²) in [4.78, 5) is 23.1. The molecule has 1 unspecified atom stereocenters. The lowest BCUT2D eigenvalue weighted by Gasteiger charge is -2.22. The first-order valence-electron chi connectivity index (χ1n) is 7.05. The van der Waals surface area contributed by atoms with Crippen LogP contribution in [-0.4, -0.2) is 22.1 Å². The van der Waals surface area contributed by atoms with Gasteiger partial charge in [0.25, 0.3) is 0 Å². The van der Waals surface area contributed by atoms with Gasteiger partial charge in [0.2, 0.25) is 5.91 Å². The number of carbonyl (C=O) groups excluding carboxylic acids is 1. The lowest BCUT2D eigenvalue weighted by Crippen LogP contribution is -2.19. The van der Waals surface area contributed by atoms with Crippen molar-refractivity contribution in [1.29, 1.82) is 0 Å². The standard InChI is InChI=1S/C16H22BrNO4/c1-9(8-16(2,3)4)5-13(19)18-10-6-11(15(21)22)14(20)12(17)7-10/h6-7,9,20H,5,8H2,1-4H3,(H,18,19)(H,21,22). The number of hydrogen-bond donors (Lipinski definition) is 3. The van der Waals surface area contributed by atoms with Crippen LogP contribution >= 0.6 is 15.9 Å². The largest absolute Gasteiger partial charge is 0.506 e. The third kappa shape index (κ3) is 5.67. The summed E-state index contributed by atoms with van der Waals surface area (Å²) in [6.07, 6.45) is 1.28. The van der Waals surface area contributed by atoms with E-state index in [-0.39, 0.29) is 33.0 Å². The van der Waals surface area contributed by atoms with Crippen LogP contribution in [-0.2, 0) is 4.79 Å². The van der Waals surface area contributed by atoms with Crippen LogP contribution in [0.15, 0.2) is 16.6 Å². The topological polar surface area (TPSA) is 86.6 Å². The molecule has 122 valence electrons. The van der Waals surface area contributed by atoms with Gasteiger partial charge in [0.15, 0.2) is 0 Å². The molecule has 0 spiro atoms. The number of aromatic hydroxyl groups is 1. The fourth-order valence-corrected chi connectivity index (χ4v) is 2.94. The Hall–Kier alpha value is -1.56. The second-order valence-electron chi connectivity index (χ2n) is 6.78. The van der Waals surface area contributed by atoms with E-state index in [1.165, 1.54) is 12.1 Å². The molecule has 1 aromatic rings. The lowest BCUT2D eigenvalue weighted by molar-refractivity contribution is -0.117. The van der Waals surface area contributed by atoms with Gasteiger partial charge < -0.3 is 15.5 Å². The maximum Gasteiger partial charge on any atom is 0.339 e. The van der Waals surface area contributed by atoms with Gasteiger partial charge in [-0.3, -0.25) is 4.79 Å². The molecule has 0 aliphatic carbocycles. The zero-order valence-electron chi connectivity index (χ0n) is 13.2. The number of nitrogens with one attached hydrogen (secondary N) is 1. The molecule has 1 rings (SSSR count). The molecule has 5 nitrogen and oxygen atoms in total. The van der Waals surface area contributed by atoms with Gasteiger partial charge in [0.1, 0.15) is 11.3 Å². The number of anilines is 1. The molecule has 0 radical (unpaired) electrons. The molecule has 1 aromatic carbocycles. The summed E-state index contributed by atoms with van der Waals surface area (Å²) in [6, 6.07) is 2.73. The van der Waals surface area contributed by atoms with Crippen LogP contribution in [0.4, 0.5) is 5.69 Å². The number of hydrogen-bond acceptors (Lipinski definition) is 3. The molecule has 0 saturated heterocycles. The van der Waals surface area contributed by atoms with Crippen LogP contribution in [0.1, 0.15) is 50.9 Å². The minimum absolute atomic E-state index is 0.151. The summed E-state index contributed by atoms with van der Waals surface area (Å²) in [5.74, 6) is -1.56. The first kappa shape index (κ1) is 18.5. The molecular weight excluding hydrogens is 350 g/mol. The van der Waals surface area contributed by atoms with Crippen LogP contribution in [0.3, 0.4) is 0 Å². The molecule has 1 amide bonds. The van der Waals surface area contributed by atoms with Gasteiger partial charge in [-0.15, -0.1) is 0 Å². The number of benzene rings is 1. The van der Waals surface area contributed by atoms with Gasteiger partial charge in [-0.25, -0.2) is 4.79 Å². The van der Waals surface area contributed by atoms with Gasteiger partial charge in [-0.05, 0) is 45.8 Å². The lowest BCUT2D eigenvalue weighted by atomic mass is 9.84. The average molecular weight is 372 g/mol. The van der Waals surface area contributed by atoms with E-state index in [1.54, 1.807) is 0 Å². The smallest absolute Gasteiger partial charge is 0.339 e. The van der Waals surface area contributed by atoms with Gasteiger partial charge >= 0.3 is 5.97 Å². The summed E-state index contributed by atoms with van der Waals surface area (Å²) >= 11 is 3.08. The summed E-state index contributed by atoms with van der Waals surface area (Å²) in [5, 5.41) is 21.4. The molecule has 3 N–H and O–H groups in total. The van der Waals surface area contributed by atoms with Gasteiger partial charge in [-0.2, -0.15) is 0 Å². The maximum atomic E-state index is 12.0. The molecule has 0 heterocycles. The fraction of sp³-hybridized carbons (Fsp3) is 0.500. The normalized spacial score (nSPS) is 12.8. The molecule has 1 atom stereocenters. The van der Waals surface area contributed by atoms with E-state index in [2.05, 4.69) is 42.0 Å². The number of phenols is 1. The molecule has 0 bridgehead atoms. The minimum Gasteiger partial charge on any atom is -0.506 e. The number of amides is 1. The monoisotopic (exact) mass is 371 g/mol. The second-order valence-corrected chi connectivity index (χ2v) is 7.64. The number of rotatable bonds is 5. The Morgan fingerprint density at radius 2 is 1.91 bits per heavy atom. The highest BCUT2D eigenvalue weighted by Gasteiger charge is 2.19. The van der Waals surface area contributed by atoms with Crippen LogP contribution in [0.25, 0.3) is 0 Å². The van der Waals surface area contributed by atoms with Crippen molar-refractivity contribution in [2.24, 2.45) is 11.3 Å². The number of halogens is 1. The van der Waals surface area contributed by atoms with Gasteiger partial charge in [-0.1, -0.05) is 27.7 Å². The molecule has 0 aliphatic rings. The van der Waals surface area contributed by atoms with Crippen molar-refractivity contribution in [1.82, 2.24) is 0 Å². The first-order chi connectivity index (χ1) is 9.99. The Morgan fingerprint density at radius 3 is 2.41 bits per heavy atom. The summed E-state index contributed by atoms with van der Waals surface area (Å²) in [6.45, 7) is 8.38. The third-order valence-corrected chi connectivity index (χ3v) is 3.68. The van der Waals surface area contributed by atoms with Crippen LogP contribution in [0.2, 0.25) is 0 Å².